The van der Waals surface area contributed by atoms with Crippen molar-refractivity contribution in [2.75, 3.05) is 6.61 Å². The van der Waals surface area contributed by atoms with Gasteiger partial charge >= 0.3 is 0 Å². The third-order valence-electron chi connectivity index (χ3n) is 2.27. The van der Waals surface area contributed by atoms with Crippen LogP contribution >= 0.6 is 33.9 Å². The molecule has 0 spiro atoms. The zero-order chi connectivity index (χ0) is 12.1. The van der Waals surface area contributed by atoms with E-state index in [-0.39, 0.29) is 0 Å². The van der Waals surface area contributed by atoms with Gasteiger partial charge < -0.3 is 4.74 Å². The van der Waals surface area contributed by atoms with Crippen molar-refractivity contribution in [2.45, 2.75) is 19.8 Å². The lowest BCUT2D eigenvalue weighted by Crippen LogP contribution is -1.95. The van der Waals surface area contributed by atoms with E-state index in [1.54, 1.807) is 11.3 Å². The number of hydrogen-bond donors (Lipinski definition) is 0. The molecule has 2 rings (SSSR count). The van der Waals surface area contributed by atoms with E-state index in [1.807, 2.05) is 24.3 Å². The maximum Gasteiger partial charge on any atom is 0.178 e. The Labute approximate surface area is 118 Å². The Morgan fingerprint density at radius 1 is 1.24 bits per heavy atom. The van der Waals surface area contributed by atoms with Gasteiger partial charge in [-0.05, 0) is 53.3 Å². The van der Waals surface area contributed by atoms with Crippen molar-refractivity contribution in [2.24, 2.45) is 0 Å². The van der Waals surface area contributed by atoms with Crippen molar-refractivity contribution in [1.29, 1.82) is 0 Å². The zero-order valence-corrected chi connectivity index (χ0v) is 12.5. The Balaban J connectivity index is 2.02. The van der Waals surface area contributed by atoms with Gasteiger partial charge in [0.25, 0.3) is 0 Å². The normalized spacial score (nSPS) is 10.5. The van der Waals surface area contributed by atoms with E-state index >= 15 is 0 Å². The summed E-state index contributed by atoms with van der Waals surface area (Å²) in [5.41, 5.74) is 1.09. The third kappa shape index (κ3) is 3.64. The smallest absolute Gasteiger partial charge is 0.178 e. The quantitative estimate of drug-likeness (QED) is 0.598. The fourth-order valence-electron chi connectivity index (χ4n) is 1.35. The molecule has 0 saturated heterocycles. The van der Waals surface area contributed by atoms with Gasteiger partial charge in [-0.15, -0.1) is 10.2 Å². The van der Waals surface area contributed by atoms with Crippen LogP contribution in [0.4, 0.5) is 0 Å². The van der Waals surface area contributed by atoms with Gasteiger partial charge in [-0.3, -0.25) is 0 Å². The van der Waals surface area contributed by atoms with Crippen molar-refractivity contribution in [1.82, 2.24) is 10.2 Å². The number of nitrogens with zero attached hydrogens (tertiary/aromatic N) is 2. The van der Waals surface area contributed by atoms with E-state index in [9.17, 15) is 0 Å². The fourth-order valence-corrected chi connectivity index (χ4v) is 2.66. The summed E-state index contributed by atoms with van der Waals surface area (Å²) in [4.78, 5) is 0. The molecule has 1 aromatic heterocycles. The minimum Gasteiger partial charge on any atom is -0.494 e. The van der Waals surface area contributed by atoms with Crippen molar-refractivity contribution in [3.63, 3.8) is 0 Å². The molecule has 0 unspecified atom stereocenters. The molecule has 5 heteroatoms. The van der Waals surface area contributed by atoms with E-state index in [2.05, 4.69) is 39.7 Å². The van der Waals surface area contributed by atoms with Gasteiger partial charge in [0.15, 0.2) is 3.01 Å². The number of halogens is 1. The molecule has 0 saturated carbocycles. The summed E-state index contributed by atoms with van der Waals surface area (Å²) in [6.45, 7) is 2.94. The van der Waals surface area contributed by atoms with Crippen LogP contribution in [0.2, 0.25) is 0 Å². The topological polar surface area (TPSA) is 35.0 Å². The van der Waals surface area contributed by atoms with Gasteiger partial charge in [-0.25, -0.2) is 0 Å². The molecule has 0 atom stereocenters. The Morgan fingerprint density at radius 2 is 2.00 bits per heavy atom. The molecular weight excluding hydrogens is 347 g/mol. The molecule has 3 nitrogen and oxygen atoms in total. The minimum atomic E-state index is 0.784. The lowest BCUT2D eigenvalue weighted by molar-refractivity contribution is 0.309. The van der Waals surface area contributed by atoms with Crippen LogP contribution in [0, 0.1) is 3.01 Å². The summed E-state index contributed by atoms with van der Waals surface area (Å²) in [7, 11) is 0. The molecule has 0 aliphatic carbocycles. The Kier molecular flexibility index (Phi) is 4.73. The summed E-state index contributed by atoms with van der Waals surface area (Å²) < 4.78 is 6.57. The number of aromatic nitrogens is 2. The summed E-state index contributed by atoms with van der Waals surface area (Å²) in [5, 5.41) is 9.06. The van der Waals surface area contributed by atoms with Crippen molar-refractivity contribution < 1.29 is 4.74 Å². The van der Waals surface area contributed by atoms with E-state index in [1.165, 1.54) is 0 Å². The second kappa shape index (κ2) is 6.30. The molecule has 17 heavy (non-hydrogen) atoms. The van der Waals surface area contributed by atoms with Gasteiger partial charge in [0.2, 0.25) is 0 Å². The van der Waals surface area contributed by atoms with Crippen molar-refractivity contribution in [3.05, 3.63) is 27.3 Å². The summed E-state index contributed by atoms with van der Waals surface area (Å²) in [6.07, 6.45) is 2.25. The maximum absolute atomic E-state index is 5.61. The highest BCUT2D eigenvalue weighted by atomic mass is 127. The zero-order valence-electron chi connectivity index (χ0n) is 9.52. The van der Waals surface area contributed by atoms with E-state index in [0.717, 1.165) is 38.8 Å². The van der Waals surface area contributed by atoms with Gasteiger partial charge in [0, 0.05) is 5.56 Å². The second-order valence-electron chi connectivity index (χ2n) is 3.59. The summed E-state index contributed by atoms with van der Waals surface area (Å²) >= 11 is 3.77. The molecule has 0 aliphatic heterocycles. The number of ether oxygens (including phenoxy) is 1. The highest BCUT2D eigenvalue weighted by Crippen LogP contribution is 2.26. The molecule has 2 aromatic rings. The minimum absolute atomic E-state index is 0.784. The fraction of sp³-hybridized carbons (Fsp3) is 0.333. The molecular formula is C12H13IN2OS. The van der Waals surface area contributed by atoms with E-state index in [4.69, 9.17) is 4.74 Å². The van der Waals surface area contributed by atoms with Crippen LogP contribution < -0.4 is 4.74 Å². The monoisotopic (exact) mass is 360 g/mol. The van der Waals surface area contributed by atoms with Crippen molar-refractivity contribution in [3.8, 4) is 16.3 Å². The second-order valence-corrected chi connectivity index (χ2v) is 6.32. The SMILES string of the molecule is CCCCOc1ccc(-c2nnc(I)s2)cc1. The van der Waals surface area contributed by atoms with Crippen LogP contribution in [-0.4, -0.2) is 16.8 Å². The maximum atomic E-state index is 5.61. The average molecular weight is 360 g/mol. The lowest BCUT2D eigenvalue weighted by atomic mass is 10.2. The highest BCUT2D eigenvalue weighted by molar-refractivity contribution is 14.1. The van der Waals surface area contributed by atoms with Gasteiger partial charge in [-0.2, -0.15) is 0 Å². The molecule has 0 aliphatic rings. The predicted octanol–water partition coefficient (Wildman–Crippen LogP) is 3.99. The predicted molar refractivity (Wildman–Crippen MR) is 78.5 cm³/mol. The average Bonchev–Trinajstić information content (AvgIpc) is 2.77. The first-order valence-corrected chi connectivity index (χ1v) is 7.41. The molecule has 0 bridgehead atoms. The van der Waals surface area contributed by atoms with Crippen molar-refractivity contribution >= 4 is 33.9 Å². The largest absolute Gasteiger partial charge is 0.494 e. The molecule has 0 fully saturated rings. The number of rotatable bonds is 5. The Hall–Kier alpha value is -0.690. The van der Waals surface area contributed by atoms with Crippen LogP contribution in [0.3, 0.4) is 0 Å². The summed E-state index contributed by atoms with van der Waals surface area (Å²) in [6, 6.07) is 8.02. The molecule has 1 aromatic carbocycles. The van der Waals surface area contributed by atoms with E-state index < -0.39 is 0 Å². The summed E-state index contributed by atoms with van der Waals surface area (Å²) in [5.74, 6) is 0.918. The molecule has 90 valence electrons. The third-order valence-corrected chi connectivity index (χ3v) is 3.91. The molecule has 0 radical (unpaired) electrons. The molecule has 0 N–H and O–H groups in total. The standard InChI is InChI=1S/C12H13IN2OS/c1-2-3-8-16-10-6-4-9(5-7-10)11-14-15-12(13)17-11/h4-7H,2-3,8H2,1H3. The van der Waals surface area contributed by atoms with Gasteiger partial charge in [-0.1, -0.05) is 24.7 Å². The first-order chi connectivity index (χ1) is 8.29. The van der Waals surface area contributed by atoms with Crippen LogP contribution in [0.25, 0.3) is 10.6 Å². The van der Waals surface area contributed by atoms with E-state index in [0.29, 0.717) is 0 Å². The molecule has 1 heterocycles. The Bertz CT molecular complexity index is 470. The first kappa shape index (κ1) is 12.8. The Morgan fingerprint density at radius 3 is 2.59 bits per heavy atom. The number of hydrogen-bond acceptors (Lipinski definition) is 4. The van der Waals surface area contributed by atoms with Crippen LogP contribution in [-0.2, 0) is 0 Å². The first-order valence-electron chi connectivity index (χ1n) is 5.52. The van der Waals surface area contributed by atoms with Crippen LogP contribution in [0.1, 0.15) is 19.8 Å². The van der Waals surface area contributed by atoms with Crippen LogP contribution in [0.5, 0.6) is 5.75 Å². The van der Waals surface area contributed by atoms with Gasteiger partial charge in [0.05, 0.1) is 6.61 Å². The highest BCUT2D eigenvalue weighted by Gasteiger charge is 2.04. The van der Waals surface area contributed by atoms with Crippen LogP contribution in [0.15, 0.2) is 24.3 Å². The number of unbranched alkanes of at least 4 members (excludes halogenated alkanes) is 1. The molecule has 0 amide bonds. The number of benzene rings is 1. The lowest BCUT2D eigenvalue weighted by Gasteiger charge is -2.05. The van der Waals surface area contributed by atoms with Gasteiger partial charge in [0.1, 0.15) is 10.8 Å².